The zero-order valence-electron chi connectivity index (χ0n) is 18.5. The Labute approximate surface area is 179 Å². The standard InChI is InChI=1S/C23H35N3O4/c1-23(2,3)30-22(27)25-12-10-24(11-13-25)19-16-26(17-19)18-7-6-8-20(15-18)29-21-9-4-5-14-28-21/h6-8,15,19,21H,4-5,9-14,16-17H2,1-3H3. The van der Waals surface area contributed by atoms with Gasteiger partial charge in [0, 0.05) is 63.5 Å². The average molecular weight is 418 g/mol. The smallest absolute Gasteiger partial charge is 0.410 e. The van der Waals surface area contributed by atoms with Crippen LogP contribution in [0.4, 0.5) is 10.5 Å². The predicted molar refractivity (Wildman–Crippen MR) is 116 cm³/mol. The molecule has 3 saturated heterocycles. The van der Waals surface area contributed by atoms with Crippen LogP contribution in [0.15, 0.2) is 24.3 Å². The molecule has 4 rings (SSSR count). The van der Waals surface area contributed by atoms with Gasteiger partial charge in [0.1, 0.15) is 11.4 Å². The molecule has 0 radical (unpaired) electrons. The maximum absolute atomic E-state index is 12.2. The van der Waals surface area contributed by atoms with Crippen LogP contribution in [0.5, 0.6) is 5.75 Å². The fraction of sp³-hybridized carbons (Fsp3) is 0.696. The largest absolute Gasteiger partial charge is 0.465 e. The summed E-state index contributed by atoms with van der Waals surface area (Å²) < 4.78 is 17.2. The quantitative estimate of drug-likeness (QED) is 0.749. The van der Waals surface area contributed by atoms with Gasteiger partial charge < -0.3 is 24.0 Å². The molecule has 30 heavy (non-hydrogen) atoms. The third-order valence-corrected chi connectivity index (χ3v) is 5.93. The van der Waals surface area contributed by atoms with E-state index in [-0.39, 0.29) is 12.4 Å². The monoisotopic (exact) mass is 417 g/mol. The maximum Gasteiger partial charge on any atom is 0.410 e. The highest BCUT2D eigenvalue weighted by atomic mass is 16.7. The lowest BCUT2D eigenvalue weighted by Gasteiger charge is -2.49. The van der Waals surface area contributed by atoms with E-state index >= 15 is 0 Å². The lowest BCUT2D eigenvalue weighted by atomic mass is 10.0. The Morgan fingerprint density at radius 3 is 2.53 bits per heavy atom. The fourth-order valence-electron chi connectivity index (χ4n) is 4.20. The van der Waals surface area contributed by atoms with Crippen molar-refractivity contribution in [2.75, 3.05) is 50.8 Å². The summed E-state index contributed by atoms with van der Waals surface area (Å²) in [6.45, 7) is 11.8. The highest BCUT2D eigenvalue weighted by molar-refractivity contribution is 5.68. The Hall–Kier alpha value is -1.99. The van der Waals surface area contributed by atoms with Crippen molar-refractivity contribution < 1.29 is 19.0 Å². The van der Waals surface area contributed by atoms with E-state index in [1.807, 2.05) is 31.7 Å². The highest BCUT2D eigenvalue weighted by Gasteiger charge is 2.35. The van der Waals surface area contributed by atoms with Gasteiger partial charge in [0.25, 0.3) is 0 Å². The molecule has 1 atom stereocenters. The Kier molecular flexibility index (Phi) is 6.39. The Balaban J connectivity index is 1.23. The fourth-order valence-corrected chi connectivity index (χ4v) is 4.20. The molecule has 0 spiro atoms. The van der Waals surface area contributed by atoms with Crippen molar-refractivity contribution in [3.05, 3.63) is 24.3 Å². The van der Waals surface area contributed by atoms with Crippen LogP contribution >= 0.6 is 0 Å². The van der Waals surface area contributed by atoms with Crippen LogP contribution < -0.4 is 9.64 Å². The van der Waals surface area contributed by atoms with E-state index < -0.39 is 5.60 Å². The van der Waals surface area contributed by atoms with Gasteiger partial charge in [-0.15, -0.1) is 0 Å². The second-order valence-corrected chi connectivity index (χ2v) is 9.47. The molecule has 7 heteroatoms. The molecule has 3 heterocycles. The minimum absolute atomic E-state index is 0.112. The summed E-state index contributed by atoms with van der Waals surface area (Å²) in [5.41, 5.74) is 0.760. The van der Waals surface area contributed by atoms with Crippen molar-refractivity contribution >= 4 is 11.8 Å². The Morgan fingerprint density at radius 2 is 1.87 bits per heavy atom. The first-order valence-corrected chi connectivity index (χ1v) is 11.2. The first kappa shape index (κ1) is 21.2. The van der Waals surface area contributed by atoms with E-state index in [4.69, 9.17) is 14.2 Å². The van der Waals surface area contributed by atoms with Crippen molar-refractivity contribution in [2.45, 2.75) is 58.0 Å². The average Bonchev–Trinajstić information content (AvgIpc) is 2.67. The molecule has 0 aliphatic carbocycles. The molecule has 0 saturated carbocycles. The van der Waals surface area contributed by atoms with E-state index in [0.29, 0.717) is 6.04 Å². The van der Waals surface area contributed by atoms with Gasteiger partial charge in [-0.1, -0.05) is 6.07 Å². The van der Waals surface area contributed by atoms with E-state index in [2.05, 4.69) is 28.0 Å². The van der Waals surface area contributed by atoms with Crippen molar-refractivity contribution in [2.24, 2.45) is 0 Å². The minimum Gasteiger partial charge on any atom is -0.465 e. The van der Waals surface area contributed by atoms with Gasteiger partial charge in [-0.05, 0) is 45.7 Å². The van der Waals surface area contributed by atoms with Gasteiger partial charge in [0.15, 0.2) is 6.29 Å². The van der Waals surface area contributed by atoms with Crippen LogP contribution in [0.2, 0.25) is 0 Å². The highest BCUT2D eigenvalue weighted by Crippen LogP contribution is 2.29. The number of nitrogens with zero attached hydrogens (tertiary/aromatic N) is 3. The number of rotatable bonds is 4. The van der Waals surface area contributed by atoms with E-state index in [0.717, 1.165) is 64.5 Å². The summed E-state index contributed by atoms with van der Waals surface area (Å²) in [5, 5.41) is 0. The minimum atomic E-state index is -0.440. The van der Waals surface area contributed by atoms with Crippen LogP contribution in [-0.2, 0) is 9.47 Å². The number of carbonyl (C=O) groups excluding carboxylic acids is 1. The lowest BCUT2D eigenvalue weighted by Crippen LogP contribution is -2.63. The second-order valence-electron chi connectivity index (χ2n) is 9.47. The molecule has 1 aromatic carbocycles. The molecule has 3 aliphatic heterocycles. The normalized spacial score (nSPS) is 23.8. The third kappa shape index (κ3) is 5.38. The summed E-state index contributed by atoms with van der Waals surface area (Å²) in [5.74, 6) is 0.883. The van der Waals surface area contributed by atoms with Crippen molar-refractivity contribution in [1.82, 2.24) is 9.80 Å². The number of anilines is 1. The van der Waals surface area contributed by atoms with Crippen LogP contribution in [0.3, 0.4) is 0 Å². The summed E-state index contributed by atoms with van der Waals surface area (Å²) in [7, 11) is 0. The first-order chi connectivity index (χ1) is 14.4. The zero-order valence-corrected chi connectivity index (χ0v) is 18.5. The number of piperazine rings is 1. The van der Waals surface area contributed by atoms with Crippen LogP contribution in [0, 0.1) is 0 Å². The molecule has 1 aromatic rings. The van der Waals surface area contributed by atoms with Gasteiger partial charge >= 0.3 is 6.09 Å². The van der Waals surface area contributed by atoms with Crippen LogP contribution in [0.1, 0.15) is 40.0 Å². The number of hydrogen-bond acceptors (Lipinski definition) is 6. The molecule has 0 aromatic heterocycles. The van der Waals surface area contributed by atoms with Gasteiger partial charge in [0.2, 0.25) is 0 Å². The molecule has 166 valence electrons. The Morgan fingerprint density at radius 1 is 1.10 bits per heavy atom. The van der Waals surface area contributed by atoms with E-state index in [1.54, 1.807) is 0 Å². The van der Waals surface area contributed by atoms with Gasteiger partial charge in [-0.25, -0.2) is 4.79 Å². The SMILES string of the molecule is CC(C)(C)OC(=O)N1CCN(C2CN(c3cccc(OC4CCCCO4)c3)C2)CC1. The molecule has 1 unspecified atom stereocenters. The topological polar surface area (TPSA) is 54.5 Å². The molecule has 0 N–H and O–H groups in total. The van der Waals surface area contributed by atoms with E-state index in [1.165, 1.54) is 12.1 Å². The number of amides is 1. The number of ether oxygens (including phenoxy) is 3. The summed E-state index contributed by atoms with van der Waals surface area (Å²) in [4.78, 5) is 18.9. The summed E-state index contributed by atoms with van der Waals surface area (Å²) >= 11 is 0. The second kappa shape index (κ2) is 9.02. The first-order valence-electron chi connectivity index (χ1n) is 11.2. The molecule has 3 aliphatic rings. The Bertz CT molecular complexity index is 715. The molecule has 7 nitrogen and oxygen atoms in total. The predicted octanol–water partition coefficient (Wildman–Crippen LogP) is 3.33. The van der Waals surface area contributed by atoms with Crippen molar-refractivity contribution in [3.63, 3.8) is 0 Å². The van der Waals surface area contributed by atoms with Gasteiger partial charge in [-0.2, -0.15) is 0 Å². The summed E-state index contributed by atoms with van der Waals surface area (Å²) in [6, 6.07) is 8.87. The lowest BCUT2D eigenvalue weighted by molar-refractivity contribution is -0.105. The van der Waals surface area contributed by atoms with Crippen LogP contribution in [-0.4, -0.2) is 79.7 Å². The van der Waals surface area contributed by atoms with Crippen molar-refractivity contribution in [1.29, 1.82) is 0 Å². The number of benzene rings is 1. The molecule has 0 bridgehead atoms. The van der Waals surface area contributed by atoms with E-state index in [9.17, 15) is 4.79 Å². The van der Waals surface area contributed by atoms with Gasteiger partial charge in [0.05, 0.1) is 6.61 Å². The number of carbonyl (C=O) groups is 1. The molecular weight excluding hydrogens is 382 g/mol. The molecule has 3 fully saturated rings. The van der Waals surface area contributed by atoms with Gasteiger partial charge in [-0.3, -0.25) is 4.90 Å². The molecular formula is C23H35N3O4. The van der Waals surface area contributed by atoms with Crippen LogP contribution in [0.25, 0.3) is 0 Å². The zero-order chi connectivity index (χ0) is 21.1. The summed E-state index contributed by atoms with van der Waals surface area (Å²) in [6.07, 6.45) is 2.95. The maximum atomic E-state index is 12.2. The number of hydrogen-bond donors (Lipinski definition) is 0. The van der Waals surface area contributed by atoms with Crippen molar-refractivity contribution in [3.8, 4) is 5.75 Å². The molecule has 1 amide bonds. The third-order valence-electron chi connectivity index (χ3n) is 5.93.